The quantitative estimate of drug-likeness (QED) is 0.861. The zero-order chi connectivity index (χ0) is 13.6. The third kappa shape index (κ3) is 2.01. The van der Waals surface area contributed by atoms with Gasteiger partial charge in [-0.15, -0.1) is 0 Å². The Balaban J connectivity index is 1.97. The largest absolute Gasteiger partial charge is 0.393 e. The topological polar surface area (TPSA) is 49.5 Å². The molecule has 0 saturated carbocycles. The molecule has 104 valence electrons. The van der Waals surface area contributed by atoms with Crippen LogP contribution in [0.25, 0.3) is 0 Å². The minimum Gasteiger partial charge on any atom is -0.393 e. The molecule has 2 heterocycles. The molecule has 0 aromatic heterocycles. The fraction of sp³-hybridized carbons (Fsp3) is 0.571. The zero-order valence-electron chi connectivity index (χ0n) is 10.6. The van der Waals surface area contributed by atoms with E-state index in [0.717, 1.165) is 12.8 Å². The first-order valence-electron chi connectivity index (χ1n) is 6.75. The average Bonchev–Trinajstić information content (AvgIpc) is 2.65. The van der Waals surface area contributed by atoms with E-state index in [2.05, 4.69) is 0 Å². The highest BCUT2D eigenvalue weighted by molar-refractivity contribution is 5.53. The molecule has 2 fully saturated rings. The van der Waals surface area contributed by atoms with Crippen molar-refractivity contribution >= 4 is 5.69 Å². The summed E-state index contributed by atoms with van der Waals surface area (Å²) in [6, 6.07) is 3.40. The van der Waals surface area contributed by atoms with E-state index in [9.17, 15) is 13.9 Å². The first-order chi connectivity index (χ1) is 9.11. The van der Waals surface area contributed by atoms with Crippen LogP contribution in [0.5, 0.6) is 0 Å². The van der Waals surface area contributed by atoms with Gasteiger partial charge in [0, 0.05) is 24.2 Å². The van der Waals surface area contributed by atoms with E-state index in [1.165, 1.54) is 0 Å². The van der Waals surface area contributed by atoms with Gasteiger partial charge in [0.25, 0.3) is 0 Å². The van der Waals surface area contributed by atoms with E-state index in [0.29, 0.717) is 18.5 Å². The van der Waals surface area contributed by atoms with Crippen LogP contribution in [0.1, 0.15) is 31.2 Å². The molecule has 0 spiro atoms. The molecule has 2 atom stereocenters. The molecule has 2 saturated heterocycles. The van der Waals surface area contributed by atoms with Gasteiger partial charge in [-0.25, -0.2) is 8.78 Å². The van der Waals surface area contributed by atoms with Gasteiger partial charge in [0.2, 0.25) is 0 Å². The molecular formula is C14H18F2N2O. The highest BCUT2D eigenvalue weighted by atomic mass is 19.2. The van der Waals surface area contributed by atoms with Gasteiger partial charge in [0.15, 0.2) is 11.6 Å². The van der Waals surface area contributed by atoms with Crippen molar-refractivity contribution in [3.63, 3.8) is 0 Å². The summed E-state index contributed by atoms with van der Waals surface area (Å²) in [5, 5.41) is 9.75. The maximum Gasteiger partial charge on any atom is 0.182 e. The van der Waals surface area contributed by atoms with E-state index < -0.39 is 11.6 Å². The molecule has 0 amide bonds. The van der Waals surface area contributed by atoms with E-state index in [4.69, 9.17) is 5.73 Å². The Morgan fingerprint density at radius 3 is 2.37 bits per heavy atom. The maximum absolute atomic E-state index is 14.2. The summed E-state index contributed by atoms with van der Waals surface area (Å²) in [6.07, 6.45) is 2.82. The molecule has 2 bridgehead atoms. The van der Waals surface area contributed by atoms with Gasteiger partial charge >= 0.3 is 0 Å². The summed E-state index contributed by atoms with van der Waals surface area (Å²) in [5.41, 5.74) is 5.89. The van der Waals surface area contributed by atoms with Gasteiger partial charge in [-0.05, 0) is 31.7 Å². The van der Waals surface area contributed by atoms with Gasteiger partial charge in [0.1, 0.15) is 0 Å². The van der Waals surface area contributed by atoms with Gasteiger partial charge < -0.3 is 15.7 Å². The van der Waals surface area contributed by atoms with Crippen LogP contribution in [0.15, 0.2) is 12.1 Å². The monoisotopic (exact) mass is 268 g/mol. The number of rotatable bonds is 2. The molecule has 5 heteroatoms. The number of nitrogens with two attached hydrogens (primary N) is 1. The lowest BCUT2D eigenvalue weighted by Crippen LogP contribution is -2.45. The lowest BCUT2D eigenvalue weighted by Gasteiger charge is -2.39. The molecule has 2 aliphatic rings. The maximum atomic E-state index is 14.2. The second-order valence-corrected chi connectivity index (χ2v) is 5.49. The second-order valence-electron chi connectivity index (χ2n) is 5.49. The minimum atomic E-state index is -0.842. The van der Waals surface area contributed by atoms with Crippen molar-refractivity contribution in [2.75, 3.05) is 4.90 Å². The molecule has 3 nitrogen and oxygen atoms in total. The van der Waals surface area contributed by atoms with E-state index in [1.807, 2.05) is 4.90 Å². The first-order valence-corrected chi connectivity index (χ1v) is 6.75. The van der Waals surface area contributed by atoms with Crippen molar-refractivity contribution in [2.45, 2.75) is 50.4 Å². The number of benzene rings is 1. The van der Waals surface area contributed by atoms with Gasteiger partial charge in [-0.2, -0.15) is 0 Å². The van der Waals surface area contributed by atoms with Gasteiger partial charge in [-0.1, -0.05) is 6.07 Å². The summed E-state index contributed by atoms with van der Waals surface area (Å²) in [4.78, 5) is 1.95. The van der Waals surface area contributed by atoms with Gasteiger partial charge in [0.05, 0.1) is 11.8 Å². The molecular weight excluding hydrogens is 250 g/mol. The summed E-state index contributed by atoms with van der Waals surface area (Å²) in [5.74, 6) is -1.65. The first kappa shape index (κ1) is 12.8. The number of hydrogen-bond acceptors (Lipinski definition) is 3. The third-order valence-electron chi connectivity index (χ3n) is 4.35. The lowest BCUT2D eigenvalue weighted by atomic mass is 9.98. The fourth-order valence-corrected chi connectivity index (χ4v) is 3.48. The van der Waals surface area contributed by atoms with Crippen LogP contribution in [0, 0.1) is 11.6 Å². The van der Waals surface area contributed by atoms with Crippen molar-refractivity contribution in [1.82, 2.24) is 0 Å². The Morgan fingerprint density at radius 2 is 1.79 bits per heavy atom. The smallest absolute Gasteiger partial charge is 0.182 e. The van der Waals surface area contributed by atoms with E-state index >= 15 is 0 Å². The summed E-state index contributed by atoms with van der Waals surface area (Å²) >= 11 is 0. The van der Waals surface area contributed by atoms with Crippen molar-refractivity contribution in [3.05, 3.63) is 29.3 Å². The molecule has 19 heavy (non-hydrogen) atoms. The summed E-state index contributed by atoms with van der Waals surface area (Å²) < 4.78 is 28.0. The average molecular weight is 268 g/mol. The molecule has 0 aliphatic carbocycles. The molecule has 0 radical (unpaired) electrons. The molecule has 3 rings (SSSR count). The number of nitrogens with zero attached hydrogens (tertiary/aromatic N) is 1. The van der Waals surface area contributed by atoms with Crippen molar-refractivity contribution in [3.8, 4) is 0 Å². The normalized spacial score (nSPS) is 29.9. The molecule has 1 aromatic carbocycles. The highest BCUT2D eigenvalue weighted by Gasteiger charge is 2.41. The predicted octanol–water partition coefficient (Wildman–Crippen LogP) is 1.92. The predicted molar refractivity (Wildman–Crippen MR) is 68.8 cm³/mol. The molecule has 2 aliphatic heterocycles. The number of anilines is 1. The van der Waals surface area contributed by atoms with E-state index in [-0.39, 0.29) is 30.3 Å². The highest BCUT2D eigenvalue weighted by Crippen LogP contribution is 2.40. The SMILES string of the molecule is NCc1ccc(N2C3CCC2CC(O)C3)c(F)c1F. The van der Waals surface area contributed by atoms with Crippen LogP contribution in [0.4, 0.5) is 14.5 Å². The van der Waals surface area contributed by atoms with Crippen molar-refractivity contribution in [1.29, 1.82) is 0 Å². The molecule has 3 N–H and O–H groups in total. The minimum absolute atomic E-state index is 0.00535. The van der Waals surface area contributed by atoms with E-state index in [1.54, 1.807) is 12.1 Å². The number of aliphatic hydroxyl groups is 1. The number of aliphatic hydroxyl groups excluding tert-OH is 1. The van der Waals surface area contributed by atoms with Crippen LogP contribution in [-0.2, 0) is 6.54 Å². The number of fused-ring (bicyclic) bond motifs is 2. The number of hydrogen-bond donors (Lipinski definition) is 2. The Labute approximate surface area is 111 Å². The number of piperidine rings is 1. The zero-order valence-corrected chi connectivity index (χ0v) is 10.6. The van der Waals surface area contributed by atoms with Crippen LogP contribution >= 0.6 is 0 Å². The van der Waals surface area contributed by atoms with Crippen molar-refractivity contribution < 1.29 is 13.9 Å². The summed E-state index contributed by atoms with van der Waals surface area (Å²) in [7, 11) is 0. The third-order valence-corrected chi connectivity index (χ3v) is 4.35. The molecule has 1 aromatic rings. The Hall–Kier alpha value is -1.20. The second kappa shape index (κ2) is 4.72. The van der Waals surface area contributed by atoms with Crippen LogP contribution in [0.2, 0.25) is 0 Å². The van der Waals surface area contributed by atoms with Crippen LogP contribution in [-0.4, -0.2) is 23.3 Å². The standard InChI is InChI=1S/C14H18F2N2O/c15-13-8(7-17)1-4-12(14(13)16)18-9-2-3-10(18)6-11(19)5-9/h1,4,9-11,19H,2-3,5-7,17H2. The fourth-order valence-electron chi connectivity index (χ4n) is 3.48. The molecule has 2 unspecified atom stereocenters. The Morgan fingerprint density at radius 1 is 1.16 bits per heavy atom. The van der Waals surface area contributed by atoms with Gasteiger partial charge in [-0.3, -0.25) is 0 Å². The van der Waals surface area contributed by atoms with Crippen LogP contribution in [0.3, 0.4) is 0 Å². The van der Waals surface area contributed by atoms with Crippen molar-refractivity contribution in [2.24, 2.45) is 5.73 Å². The Bertz CT molecular complexity index is 481. The number of halogens is 2. The lowest BCUT2D eigenvalue weighted by molar-refractivity contribution is 0.126. The Kier molecular flexibility index (Phi) is 3.19. The van der Waals surface area contributed by atoms with Crippen LogP contribution < -0.4 is 10.6 Å². The summed E-state index contributed by atoms with van der Waals surface area (Å²) in [6.45, 7) is -0.00535.